The predicted molar refractivity (Wildman–Crippen MR) is 73.6 cm³/mol. The fraction of sp³-hybridized carbons (Fsp3) is 0. The van der Waals surface area contributed by atoms with Gasteiger partial charge in [0.25, 0.3) is 0 Å². The molecule has 0 fully saturated rings. The zero-order valence-electron chi connectivity index (χ0n) is 10.1. The number of carbonyl (C=O) groups excluding carboxylic acids is 1. The van der Waals surface area contributed by atoms with E-state index in [-0.39, 0.29) is 17.4 Å². The molecule has 2 aromatic carbocycles. The van der Waals surface area contributed by atoms with Gasteiger partial charge in [0, 0.05) is 17.5 Å². The van der Waals surface area contributed by atoms with Crippen molar-refractivity contribution in [2.75, 3.05) is 5.32 Å². The number of para-hydroxylation sites is 1. The molecule has 0 saturated heterocycles. The Morgan fingerprint density at radius 3 is 2.32 bits per heavy atom. The van der Waals surface area contributed by atoms with Crippen LogP contribution in [0.5, 0.6) is 0 Å². The average molecular weight is 256 g/mol. The van der Waals surface area contributed by atoms with Crippen molar-refractivity contribution in [3.8, 4) is 0 Å². The highest BCUT2D eigenvalue weighted by Crippen LogP contribution is 2.11. The second-order valence-electron chi connectivity index (χ2n) is 3.96. The first-order valence-electron chi connectivity index (χ1n) is 5.74. The number of hydrogen-bond acceptors (Lipinski definition) is 2. The highest BCUT2D eigenvalue weighted by molar-refractivity contribution is 6.03. The Morgan fingerprint density at radius 1 is 1.05 bits per heavy atom. The monoisotopic (exact) mass is 256 g/mol. The van der Waals surface area contributed by atoms with Gasteiger partial charge in [0.05, 0.1) is 0 Å². The van der Waals surface area contributed by atoms with Crippen molar-refractivity contribution in [2.24, 2.45) is 5.73 Å². The third-order valence-electron chi connectivity index (χ3n) is 2.51. The molecule has 0 spiro atoms. The fourth-order valence-electron chi connectivity index (χ4n) is 1.57. The fourth-order valence-corrected chi connectivity index (χ4v) is 1.57. The van der Waals surface area contributed by atoms with E-state index in [1.165, 1.54) is 30.3 Å². The number of nitrogens with two attached hydrogens (primary N) is 1. The molecule has 19 heavy (non-hydrogen) atoms. The standard InChI is InChI=1S/C15H13FN2O/c16-12-8-6-11(7-9-12)14(17)10-15(19)18-13-4-2-1-3-5-13/h1-10H,17H2,(H,18,19)/b14-10-. The van der Waals surface area contributed by atoms with Gasteiger partial charge in [-0.25, -0.2) is 4.39 Å². The molecule has 0 aliphatic carbocycles. The summed E-state index contributed by atoms with van der Waals surface area (Å²) in [7, 11) is 0. The number of hydrogen-bond donors (Lipinski definition) is 2. The summed E-state index contributed by atoms with van der Waals surface area (Å²) < 4.78 is 12.8. The van der Waals surface area contributed by atoms with E-state index in [1.807, 2.05) is 18.2 Å². The quantitative estimate of drug-likeness (QED) is 0.830. The SMILES string of the molecule is N/C(=C\C(=O)Nc1ccccc1)c1ccc(F)cc1. The van der Waals surface area contributed by atoms with E-state index in [2.05, 4.69) is 5.32 Å². The minimum atomic E-state index is -0.342. The molecule has 96 valence electrons. The zero-order valence-corrected chi connectivity index (χ0v) is 10.1. The van der Waals surface area contributed by atoms with Gasteiger partial charge in [-0.15, -0.1) is 0 Å². The molecule has 2 rings (SSSR count). The topological polar surface area (TPSA) is 55.1 Å². The van der Waals surface area contributed by atoms with Gasteiger partial charge in [-0.05, 0) is 29.8 Å². The number of benzene rings is 2. The third-order valence-corrected chi connectivity index (χ3v) is 2.51. The van der Waals surface area contributed by atoms with Crippen LogP contribution in [0.3, 0.4) is 0 Å². The Labute approximate surface area is 110 Å². The van der Waals surface area contributed by atoms with Crippen LogP contribution in [0, 0.1) is 5.82 Å². The Hall–Kier alpha value is -2.62. The van der Waals surface area contributed by atoms with Crippen LogP contribution >= 0.6 is 0 Å². The maximum atomic E-state index is 12.8. The summed E-state index contributed by atoms with van der Waals surface area (Å²) in [6.07, 6.45) is 1.28. The summed E-state index contributed by atoms with van der Waals surface area (Å²) in [6, 6.07) is 14.7. The number of amides is 1. The molecule has 4 heteroatoms. The van der Waals surface area contributed by atoms with Crippen LogP contribution in [-0.4, -0.2) is 5.91 Å². The first-order chi connectivity index (χ1) is 9.15. The summed E-state index contributed by atoms with van der Waals surface area (Å²) in [4.78, 5) is 11.7. The smallest absolute Gasteiger partial charge is 0.250 e. The molecule has 0 heterocycles. The van der Waals surface area contributed by atoms with Gasteiger partial charge in [-0.2, -0.15) is 0 Å². The molecule has 0 bridgehead atoms. The van der Waals surface area contributed by atoms with Crippen LogP contribution in [0.4, 0.5) is 10.1 Å². The maximum Gasteiger partial charge on any atom is 0.250 e. The van der Waals surface area contributed by atoms with Crippen molar-refractivity contribution in [2.45, 2.75) is 0 Å². The summed E-state index contributed by atoms with van der Waals surface area (Å²) >= 11 is 0. The molecule has 2 aromatic rings. The molecule has 0 saturated carbocycles. The number of carbonyl (C=O) groups is 1. The summed E-state index contributed by atoms with van der Waals surface area (Å²) in [5.74, 6) is -0.668. The zero-order chi connectivity index (χ0) is 13.7. The van der Waals surface area contributed by atoms with Gasteiger partial charge in [0.15, 0.2) is 0 Å². The number of halogens is 1. The molecule has 1 amide bonds. The average Bonchev–Trinajstić information content (AvgIpc) is 2.40. The third kappa shape index (κ3) is 3.67. The van der Waals surface area contributed by atoms with E-state index >= 15 is 0 Å². The molecule has 3 N–H and O–H groups in total. The lowest BCUT2D eigenvalue weighted by Gasteiger charge is -2.04. The van der Waals surface area contributed by atoms with Crippen LogP contribution in [0.25, 0.3) is 5.70 Å². The number of rotatable bonds is 3. The van der Waals surface area contributed by atoms with E-state index in [9.17, 15) is 9.18 Å². The van der Waals surface area contributed by atoms with Crippen molar-refractivity contribution in [1.82, 2.24) is 0 Å². The van der Waals surface area contributed by atoms with Crippen molar-refractivity contribution in [3.63, 3.8) is 0 Å². The van der Waals surface area contributed by atoms with Crippen LogP contribution in [0.1, 0.15) is 5.56 Å². The van der Waals surface area contributed by atoms with Gasteiger partial charge in [-0.3, -0.25) is 4.79 Å². The molecule has 0 radical (unpaired) electrons. The molecule has 0 aliphatic rings. The van der Waals surface area contributed by atoms with Gasteiger partial charge in [0.2, 0.25) is 5.91 Å². The summed E-state index contributed by atoms with van der Waals surface area (Å²) in [5.41, 5.74) is 7.35. The molecule has 3 nitrogen and oxygen atoms in total. The van der Waals surface area contributed by atoms with Crippen molar-refractivity contribution in [1.29, 1.82) is 0 Å². The van der Waals surface area contributed by atoms with Crippen molar-refractivity contribution >= 4 is 17.3 Å². The molecule has 0 aliphatic heterocycles. The Morgan fingerprint density at radius 2 is 1.68 bits per heavy atom. The van der Waals surface area contributed by atoms with E-state index in [4.69, 9.17) is 5.73 Å². The molecular weight excluding hydrogens is 243 g/mol. The maximum absolute atomic E-state index is 12.8. The Balaban J connectivity index is 2.08. The van der Waals surface area contributed by atoms with Crippen LogP contribution in [0.15, 0.2) is 60.7 Å². The highest BCUT2D eigenvalue weighted by Gasteiger charge is 2.02. The first kappa shape index (κ1) is 12.8. The van der Waals surface area contributed by atoms with E-state index in [0.717, 1.165) is 0 Å². The summed E-state index contributed by atoms with van der Waals surface area (Å²) in [6.45, 7) is 0. The van der Waals surface area contributed by atoms with Gasteiger partial charge in [0.1, 0.15) is 5.82 Å². The van der Waals surface area contributed by atoms with Crippen LogP contribution in [0.2, 0.25) is 0 Å². The number of nitrogens with one attached hydrogen (secondary N) is 1. The van der Waals surface area contributed by atoms with Gasteiger partial charge in [-0.1, -0.05) is 30.3 Å². The van der Waals surface area contributed by atoms with Crippen LogP contribution < -0.4 is 11.1 Å². The van der Waals surface area contributed by atoms with Gasteiger partial charge >= 0.3 is 0 Å². The lowest BCUT2D eigenvalue weighted by molar-refractivity contribution is -0.111. The first-order valence-corrected chi connectivity index (χ1v) is 5.74. The second kappa shape index (κ2) is 5.82. The number of anilines is 1. The second-order valence-corrected chi connectivity index (χ2v) is 3.96. The van der Waals surface area contributed by atoms with E-state index in [0.29, 0.717) is 11.3 Å². The molecule has 0 aromatic heterocycles. The van der Waals surface area contributed by atoms with Crippen molar-refractivity contribution in [3.05, 3.63) is 72.1 Å². The largest absolute Gasteiger partial charge is 0.398 e. The molecular formula is C15H13FN2O. The van der Waals surface area contributed by atoms with E-state index < -0.39 is 0 Å². The Bertz CT molecular complexity index is 591. The Kier molecular flexibility index (Phi) is 3.93. The summed E-state index contributed by atoms with van der Waals surface area (Å²) in [5, 5.41) is 2.68. The van der Waals surface area contributed by atoms with Crippen LogP contribution in [-0.2, 0) is 4.79 Å². The lowest BCUT2D eigenvalue weighted by Crippen LogP contribution is -2.10. The van der Waals surface area contributed by atoms with E-state index in [1.54, 1.807) is 12.1 Å². The molecule has 0 unspecified atom stereocenters. The normalized spacial score (nSPS) is 11.1. The van der Waals surface area contributed by atoms with Gasteiger partial charge < -0.3 is 11.1 Å². The van der Waals surface area contributed by atoms with Crippen molar-refractivity contribution < 1.29 is 9.18 Å². The lowest BCUT2D eigenvalue weighted by atomic mass is 10.1. The molecule has 0 atom stereocenters. The minimum Gasteiger partial charge on any atom is -0.398 e. The minimum absolute atomic E-state index is 0.286. The predicted octanol–water partition coefficient (Wildman–Crippen LogP) is 2.76. The highest BCUT2D eigenvalue weighted by atomic mass is 19.1.